The molecule has 1 aliphatic carbocycles. The molecule has 1 aliphatic rings. The number of likely N-dealkylation sites (N-methyl/N-ethyl adjacent to an activating group) is 1. The van der Waals surface area contributed by atoms with Crippen molar-refractivity contribution >= 4 is 5.91 Å². The van der Waals surface area contributed by atoms with Crippen molar-refractivity contribution < 1.29 is 14.3 Å². The van der Waals surface area contributed by atoms with Gasteiger partial charge in [0.25, 0.3) is 0 Å². The molecule has 2 rings (SSSR count). The molecule has 0 spiro atoms. The van der Waals surface area contributed by atoms with Gasteiger partial charge in [-0.2, -0.15) is 0 Å². The van der Waals surface area contributed by atoms with Crippen LogP contribution in [0.1, 0.15) is 31.4 Å². The van der Waals surface area contributed by atoms with Crippen LogP contribution >= 0.6 is 0 Å². The minimum Gasteiger partial charge on any atom is -0.467 e. The van der Waals surface area contributed by atoms with Crippen LogP contribution in [0.4, 0.5) is 0 Å². The van der Waals surface area contributed by atoms with E-state index in [1.807, 2.05) is 18.0 Å². The molecule has 106 valence electrons. The Labute approximate surface area is 113 Å². The van der Waals surface area contributed by atoms with Gasteiger partial charge in [-0.15, -0.1) is 0 Å². The van der Waals surface area contributed by atoms with Crippen molar-refractivity contribution in [1.82, 2.24) is 10.2 Å². The molecule has 0 radical (unpaired) electrons. The molecular formula is C14H22N2O3. The Balaban J connectivity index is 1.69. The molecule has 1 aromatic rings. The smallest absolute Gasteiger partial charge is 0.234 e. The van der Waals surface area contributed by atoms with Gasteiger partial charge in [-0.1, -0.05) is 12.8 Å². The van der Waals surface area contributed by atoms with Crippen LogP contribution in [-0.2, 0) is 11.3 Å². The predicted octanol–water partition coefficient (Wildman–Crippen LogP) is 1.13. The summed E-state index contributed by atoms with van der Waals surface area (Å²) in [4.78, 5) is 13.6. The molecule has 2 N–H and O–H groups in total. The summed E-state index contributed by atoms with van der Waals surface area (Å²) in [5.41, 5.74) is -0.601. The molecule has 5 nitrogen and oxygen atoms in total. The lowest BCUT2D eigenvalue weighted by atomic mass is 10.0. The summed E-state index contributed by atoms with van der Waals surface area (Å²) < 4.78 is 5.14. The molecule has 0 atom stereocenters. The summed E-state index contributed by atoms with van der Waals surface area (Å²) in [7, 11) is 1.86. The zero-order valence-corrected chi connectivity index (χ0v) is 11.4. The van der Waals surface area contributed by atoms with Crippen LogP contribution in [0.5, 0.6) is 0 Å². The van der Waals surface area contributed by atoms with E-state index in [0.29, 0.717) is 19.6 Å². The minimum absolute atomic E-state index is 0.0551. The molecule has 0 bridgehead atoms. The van der Waals surface area contributed by atoms with Crippen molar-refractivity contribution in [1.29, 1.82) is 0 Å². The van der Waals surface area contributed by atoms with Gasteiger partial charge in [-0.05, 0) is 32.0 Å². The zero-order valence-electron chi connectivity index (χ0n) is 11.4. The van der Waals surface area contributed by atoms with Crippen LogP contribution in [0, 0.1) is 0 Å². The molecular weight excluding hydrogens is 244 g/mol. The van der Waals surface area contributed by atoms with Crippen LogP contribution in [0.2, 0.25) is 0 Å². The second kappa shape index (κ2) is 6.21. The Kier molecular flexibility index (Phi) is 4.61. The van der Waals surface area contributed by atoms with Crippen LogP contribution in [0.3, 0.4) is 0 Å². The average molecular weight is 266 g/mol. The quantitative estimate of drug-likeness (QED) is 0.810. The van der Waals surface area contributed by atoms with E-state index in [1.54, 1.807) is 12.3 Å². The summed E-state index contributed by atoms with van der Waals surface area (Å²) in [6, 6.07) is 3.62. The van der Waals surface area contributed by atoms with Gasteiger partial charge >= 0.3 is 0 Å². The second-order valence-electron chi connectivity index (χ2n) is 5.46. The average Bonchev–Trinajstić information content (AvgIpc) is 2.97. The van der Waals surface area contributed by atoms with E-state index in [2.05, 4.69) is 5.32 Å². The fourth-order valence-electron chi connectivity index (χ4n) is 2.65. The highest BCUT2D eigenvalue weighted by Crippen LogP contribution is 2.29. The van der Waals surface area contributed by atoms with Gasteiger partial charge in [0.1, 0.15) is 5.76 Å². The number of carbonyl (C=O) groups is 1. The first-order valence-corrected chi connectivity index (χ1v) is 6.77. The lowest BCUT2D eigenvalue weighted by Crippen LogP contribution is -2.43. The number of amides is 1. The van der Waals surface area contributed by atoms with E-state index in [4.69, 9.17) is 4.42 Å². The van der Waals surface area contributed by atoms with Crippen LogP contribution in [0.15, 0.2) is 22.8 Å². The standard InChI is InChI=1S/C14H22N2O3/c1-16(11-14(18)6-2-3-7-14)10-13(17)15-9-12-5-4-8-19-12/h4-5,8,18H,2-3,6-7,9-11H2,1H3,(H,15,17). The van der Waals surface area contributed by atoms with Crippen LogP contribution in [-0.4, -0.2) is 41.7 Å². The molecule has 19 heavy (non-hydrogen) atoms. The van der Waals surface area contributed by atoms with E-state index in [-0.39, 0.29) is 5.91 Å². The van der Waals surface area contributed by atoms with E-state index in [0.717, 1.165) is 31.4 Å². The Morgan fingerprint density at radius 2 is 2.26 bits per heavy atom. The molecule has 0 unspecified atom stereocenters. The Hall–Kier alpha value is -1.33. The maximum atomic E-state index is 11.8. The highest BCUT2D eigenvalue weighted by molar-refractivity contribution is 5.77. The molecule has 1 amide bonds. The summed E-state index contributed by atoms with van der Waals surface area (Å²) in [6.07, 6.45) is 5.42. The van der Waals surface area contributed by atoms with E-state index < -0.39 is 5.60 Å². The van der Waals surface area contributed by atoms with Crippen molar-refractivity contribution in [3.8, 4) is 0 Å². The van der Waals surface area contributed by atoms with Gasteiger partial charge in [0.05, 0.1) is 25.0 Å². The maximum absolute atomic E-state index is 11.8. The fraction of sp³-hybridized carbons (Fsp3) is 0.643. The molecule has 1 heterocycles. The fourth-order valence-corrected chi connectivity index (χ4v) is 2.65. The third-order valence-electron chi connectivity index (χ3n) is 3.55. The van der Waals surface area contributed by atoms with Crippen LogP contribution in [0.25, 0.3) is 0 Å². The normalized spacial score (nSPS) is 17.8. The van der Waals surface area contributed by atoms with Crippen molar-refractivity contribution in [2.75, 3.05) is 20.1 Å². The van der Waals surface area contributed by atoms with Gasteiger partial charge in [0.15, 0.2) is 0 Å². The largest absolute Gasteiger partial charge is 0.467 e. The summed E-state index contributed by atoms with van der Waals surface area (Å²) in [5, 5.41) is 13.1. The number of furan rings is 1. The third-order valence-corrected chi connectivity index (χ3v) is 3.55. The Morgan fingerprint density at radius 3 is 2.89 bits per heavy atom. The number of hydrogen-bond acceptors (Lipinski definition) is 4. The zero-order chi connectivity index (χ0) is 13.7. The van der Waals surface area contributed by atoms with Gasteiger partial charge in [0, 0.05) is 6.54 Å². The van der Waals surface area contributed by atoms with Gasteiger partial charge in [-0.25, -0.2) is 0 Å². The topological polar surface area (TPSA) is 65.7 Å². The summed E-state index contributed by atoms with van der Waals surface area (Å²) in [6.45, 7) is 1.26. The Bertz CT molecular complexity index is 397. The van der Waals surface area contributed by atoms with Crippen molar-refractivity contribution in [3.63, 3.8) is 0 Å². The lowest BCUT2D eigenvalue weighted by Gasteiger charge is -2.28. The van der Waals surface area contributed by atoms with E-state index >= 15 is 0 Å². The highest BCUT2D eigenvalue weighted by Gasteiger charge is 2.32. The van der Waals surface area contributed by atoms with Crippen molar-refractivity contribution in [2.24, 2.45) is 0 Å². The van der Waals surface area contributed by atoms with Crippen molar-refractivity contribution in [3.05, 3.63) is 24.2 Å². The number of hydrogen-bond donors (Lipinski definition) is 2. The maximum Gasteiger partial charge on any atom is 0.234 e. The van der Waals surface area contributed by atoms with Crippen LogP contribution < -0.4 is 5.32 Å². The summed E-state index contributed by atoms with van der Waals surface area (Å²) >= 11 is 0. The highest BCUT2D eigenvalue weighted by atomic mass is 16.3. The van der Waals surface area contributed by atoms with Crippen molar-refractivity contribution in [2.45, 2.75) is 37.8 Å². The number of nitrogens with zero attached hydrogens (tertiary/aromatic N) is 1. The number of rotatable bonds is 6. The van der Waals surface area contributed by atoms with E-state index in [1.165, 1.54) is 0 Å². The molecule has 1 fully saturated rings. The monoisotopic (exact) mass is 266 g/mol. The second-order valence-corrected chi connectivity index (χ2v) is 5.46. The lowest BCUT2D eigenvalue weighted by molar-refractivity contribution is -0.122. The predicted molar refractivity (Wildman–Crippen MR) is 71.5 cm³/mol. The van der Waals surface area contributed by atoms with Gasteiger partial charge in [-0.3, -0.25) is 9.69 Å². The molecule has 5 heteroatoms. The molecule has 1 aromatic heterocycles. The molecule has 0 aliphatic heterocycles. The molecule has 0 aromatic carbocycles. The number of carbonyl (C=O) groups excluding carboxylic acids is 1. The first-order chi connectivity index (χ1) is 9.07. The van der Waals surface area contributed by atoms with Gasteiger partial charge < -0.3 is 14.8 Å². The first-order valence-electron chi connectivity index (χ1n) is 6.77. The third kappa shape index (κ3) is 4.36. The number of aliphatic hydroxyl groups is 1. The molecule has 0 saturated heterocycles. The number of nitrogens with one attached hydrogen (secondary N) is 1. The minimum atomic E-state index is -0.601. The first kappa shape index (κ1) is 14.1. The van der Waals surface area contributed by atoms with Gasteiger partial charge in [0.2, 0.25) is 5.91 Å². The SMILES string of the molecule is CN(CC(=O)NCc1ccco1)CC1(O)CCCC1. The van der Waals surface area contributed by atoms with E-state index in [9.17, 15) is 9.90 Å². The Morgan fingerprint density at radius 1 is 1.53 bits per heavy atom. The summed E-state index contributed by atoms with van der Waals surface area (Å²) in [5.74, 6) is 0.686. The molecule has 1 saturated carbocycles.